The minimum absolute atomic E-state index is 0.290. The van der Waals surface area contributed by atoms with E-state index in [0.717, 1.165) is 12.2 Å². The molecule has 90 valence electrons. The lowest BCUT2D eigenvalue weighted by atomic mass is 9.98. The average Bonchev–Trinajstić information content (AvgIpc) is 2.35. The number of hydrogen-bond donors (Lipinski definition) is 0. The molecule has 2 aromatic rings. The van der Waals surface area contributed by atoms with Crippen molar-refractivity contribution in [3.8, 4) is 5.75 Å². The molecule has 2 aromatic carbocycles. The van der Waals surface area contributed by atoms with E-state index >= 15 is 0 Å². The monoisotopic (exact) mass is 230 g/mol. The molecule has 0 aromatic heterocycles. The van der Waals surface area contributed by atoms with Crippen molar-refractivity contribution in [3.63, 3.8) is 0 Å². The minimum atomic E-state index is 0.290. The number of benzene rings is 2. The summed E-state index contributed by atoms with van der Waals surface area (Å²) < 4.78 is 10.4. The fourth-order valence-corrected chi connectivity index (χ4v) is 2.21. The van der Waals surface area contributed by atoms with Gasteiger partial charge in [-0.05, 0) is 47.4 Å². The summed E-state index contributed by atoms with van der Waals surface area (Å²) in [5.74, 6) is 0.866. The molecule has 0 saturated heterocycles. The number of hydrogen-bond acceptors (Lipinski definition) is 2. The molecular formula is C15H18O2. The molecule has 0 N–H and O–H groups in total. The van der Waals surface area contributed by atoms with Gasteiger partial charge in [-0.1, -0.05) is 25.1 Å². The van der Waals surface area contributed by atoms with Crippen LogP contribution in [-0.2, 0) is 11.2 Å². The fourth-order valence-electron chi connectivity index (χ4n) is 2.21. The Morgan fingerprint density at radius 1 is 1.18 bits per heavy atom. The minimum Gasteiger partial charge on any atom is -0.468 e. The molecule has 0 aliphatic carbocycles. The zero-order valence-corrected chi connectivity index (χ0v) is 10.6. The summed E-state index contributed by atoms with van der Waals surface area (Å²) in [6, 6.07) is 10.5. The van der Waals surface area contributed by atoms with Crippen LogP contribution in [0, 0.1) is 6.92 Å². The van der Waals surface area contributed by atoms with Crippen molar-refractivity contribution in [2.45, 2.75) is 20.3 Å². The molecule has 2 nitrogen and oxygen atoms in total. The van der Waals surface area contributed by atoms with Crippen molar-refractivity contribution >= 4 is 10.8 Å². The Balaban J connectivity index is 2.51. The first kappa shape index (κ1) is 11.9. The lowest BCUT2D eigenvalue weighted by molar-refractivity contribution is 0.0512. The van der Waals surface area contributed by atoms with Crippen LogP contribution in [0.4, 0.5) is 0 Å². The summed E-state index contributed by atoms with van der Waals surface area (Å²) in [4.78, 5) is 0. The third kappa shape index (κ3) is 2.42. The number of rotatable bonds is 4. The van der Waals surface area contributed by atoms with Crippen LogP contribution in [0.2, 0.25) is 0 Å². The average molecular weight is 230 g/mol. The van der Waals surface area contributed by atoms with Gasteiger partial charge in [0.1, 0.15) is 5.75 Å². The maximum atomic E-state index is 5.50. The van der Waals surface area contributed by atoms with Gasteiger partial charge in [0, 0.05) is 7.11 Å². The fraction of sp³-hybridized carbons (Fsp3) is 0.333. The van der Waals surface area contributed by atoms with Crippen LogP contribution in [0.5, 0.6) is 5.75 Å². The smallest absolute Gasteiger partial charge is 0.188 e. The standard InChI is InChI=1S/C15H18O2/c1-4-12-6-5-7-13-9-14(17-10-16-3)8-11(2)15(12)13/h5-9H,4,10H2,1-3H3. The molecule has 0 bridgehead atoms. The molecule has 0 amide bonds. The Kier molecular flexibility index (Phi) is 3.64. The quantitative estimate of drug-likeness (QED) is 0.746. The highest BCUT2D eigenvalue weighted by Crippen LogP contribution is 2.28. The number of methoxy groups -OCH3 is 1. The van der Waals surface area contributed by atoms with E-state index in [2.05, 4.69) is 44.2 Å². The van der Waals surface area contributed by atoms with Gasteiger partial charge in [-0.2, -0.15) is 0 Å². The van der Waals surface area contributed by atoms with Gasteiger partial charge in [0.2, 0.25) is 0 Å². The summed E-state index contributed by atoms with van der Waals surface area (Å²) in [7, 11) is 1.63. The zero-order chi connectivity index (χ0) is 12.3. The van der Waals surface area contributed by atoms with Crippen LogP contribution in [0.25, 0.3) is 10.8 Å². The Labute approximate surface area is 102 Å². The molecule has 0 unspecified atom stereocenters. The molecule has 0 spiro atoms. The van der Waals surface area contributed by atoms with Gasteiger partial charge in [0.05, 0.1) is 0 Å². The van der Waals surface area contributed by atoms with Gasteiger partial charge in [-0.15, -0.1) is 0 Å². The van der Waals surface area contributed by atoms with E-state index in [1.807, 2.05) is 0 Å². The van der Waals surface area contributed by atoms with Crippen LogP contribution in [0.15, 0.2) is 30.3 Å². The first-order valence-electron chi connectivity index (χ1n) is 5.90. The van der Waals surface area contributed by atoms with Gasteiger partial charge < -0.3 is 9.47 Å². The Hall–Kier alpha value is -1.54. The van der Waals surface area contributed by atoms with Gasteiger partial charge >= 0.3 is 0 Å². The Morgan fingerprint density at radius 2 is 2.00 bits per heavy atom. The maximum absolute atomic E-state index is 5.50. The normalized spacial score (nSPS) is 10.8. The predicted octanol–water partition coefficient (Wildman–Crippen LogP) is 3.69. The van der Waals surface area contributed by atoms with E-state index in [9.17, 15) is 0 Å². The van der Waals surface area contributed by atoms with Gasteiger partial charge in [-0.3, -0.25) is 0 Å². The van der Waals surface area contributed by atoms with Crippen LogP contribution in [0.3, 0.4) is 0 Å². The Bertz CT molecular complexity index is 518. The van der Waals surface area contributed by atoms with E-state index in [4.69, 9.17) is 9.47 Å². The molecule has 0 aliphatic heterocycles. The third-order valence-corrected chi connectivity index (χ3v) is 2.96. The molecule has 0 fully saturated rings. The van der Waals surface area contributed by atoms with Gasteiger partial charge in [0.15, 0.2) is 6.79 Å². The van der Waals surface area contributed by atoms with E-state index in [1.165, 1.54) is 21.9 Å². The topological polar surface area (TPSA) is 18.5 Å². The second-order valence-corrected chi connectivity index (χ2v) is 4.16. The summed E-state index contributed by atoms with van der Waals surface area (Å²) >= 11 is 0. The summed E-state index contributed by atoms with van der Waals surface area (Å²) in [5.41, 5.74) is 2.64. The SMILES string of the molecule is CCc1cccc2cc(OCOC)cc(C)c12. The second-order valence-electron chi connectivity index (χ2n) is 4.16. The first-order chi connectivity index (χ1) is 8.26. The van der Waals surface area contributed by atoms with Gasteiger partial charge in [0.25, 0.3) is 0 Å². The molecule has 0 atom stereocenters. The number of fused-ring (bicyclic) bond motifs is 1. The van der Waals surface area contributed by atoms with Crippen molar-refractivity contribution in [3.05, 3.63) is 41.5 Å². The van der Waals surface area contributed by atoms with E-state index in [1.54, 1.807) is 7.11 Å². The molecule has 0 aliphatic rings. The number of ether oxygens (including phenoxy) is 2. The molecule has 0 heterocycles. The molecule has 0 radical (unpaired) electrons. The van der Waals surface area contributed by atoms with Crippen molar-refractivity contribution in [1.82, 2.24) is 0 Å². The van der Waals surface area contributed by atoms with Crippen LogP contribution in [-0.4, -0.2) is 13.9 Å². The number of aryl methyl sites for hydroxylation is 2. The van der Waals surface area contributed by atoms with E-state index < -0.39 is 0 Å². The van der Waals surface area contributed by atoms with Crippen LogP contribution < -0.4 is 4.74 Å². The Morgan fingerprint density at radius 3 is 2.71 bits per heavy atom. The van der Waals surface area contributed by atoms with Crippen molar-refractivity contribution in [2.24, 2.45) is 0 Å². The lowest BCUT2D eigenvalue weighted by Crippen LogP contribution is -1.99. The third-order valence-electron chi connectivity index (χ3n) is 2.96. The summed E-state index contributed by atoms with van der Waals surface area (Å²) in [6.07, 6.45) is 1.05. The van der Waals surface area contributed by atoms with Crippen LogP contribution >= 0.6 is 0 Å². The molecule has 2 heteroatoms. The predicted molar refractivity (Wildman–Crippen MR) is 70.6 cm³/mol. The molecule has 17 heavy (non-hydrogen) atoms. The van der Waals surface area contributed by atoms with Gasteiger partial charge in [-0.25, -0.2) is 0 Å². The van der Waals surface area contributed by atoms with Crippen molar-refractivity contribution in [1.29, 1.82) is 0 Å². The van der Waals surface area contributed by atoms with E-state index in [-0.39, 0.29) is 0 Å². The highest BCUT2D eigenvalue weighted by molar-refractivity contribution is 5.90. The summed E-state index contributed by atoms with van der Waals surface area (Å²) in [5, 5.41) is 2.58. The van der Waals surface area contributed by atoms with Crippen molar-refractivity contribution in [2.75, 3.05) is 13.9 Å². The van der Waals surface area contributed by atoms with E-state index in [0.29, 0.717) is 6.79 Å². The first-order valence-corrected chi connectivity index (χ1v) is 5.90. The van der Waals surface area contributed by atoms with Crippen LogP contribution in [0.1, 0.15) is 18.1 Å². The maximum Gasteiger partial charge on any atom is 0.188 e. The molecule has 2 rings (SSSR count). The highest BCUT2D eigenvalue weighted by atomic mass is 16.7. The molecular weight excluding hydrogens is 212 g/mol. The van der Waals surface area contributed by atoms with Crippen molar-refractivity contribution < 1.29 is 9.47 Å². The summed E-state index contributed by atoms with van der Waals surface area (Å²) in [6.45, 7) is 4.60. The molecule has 0 saturated carbocycles. The largest absolute Gasteiger partial charge is 0.468 e. The lowest BCUT2D eigenvalue weighted by Gasteiger charge is -2.11. The second kappa shape index (κ2) is 5.19. The zero-order valence-electron chi connectivity index (χ0n) is 10.6. The highest BCUT2D eigenvalue weighted by Gasteiger charge is 2.05.